The summed E-state index contributed by atoms with van der Waals surface area (Å²) in [4.78, 5) is 8.70. The van der Waals surface area contributed by atoms with E-state index in [9.17, 15) is 0 Å². The molecule has 0 unspecified atom stereocenters. The van der Waals surface area contributed by atoms with Crippen LogP contribution in [0.15, 0.2) is 11.7 Å². The van der Waals surface area contributed by atoms with Crippen LogP contribution in [-0.2, 0) is 13.1 Å². The molecule has 2 aromatic heterocycles. The molecule has 2 rings (SSSR count). The van der Waals surface area contributed by atoms with Crippen molar-refractivity contribution in [2.24, 2.45) is 5.92 Å². The Labute approximate surface area is 111 Å². The van der Waals surface area contributed by atoms with Gasteiger partial charge in [0.25, 0.3) is 0 Å². The first kappa shape index (κ1) is 13.2. The molecule has 0 radical (unpaired) electrons. The molecule has 0 aromatic carbocycles. The van der Waals surface area contributed by atoms with Crippen LogP contribution in [0.25, 0.3) is 0 Å². The number of aryl methyl sites for hydroxylation is 1. The minimum atomic E-state index is 0.644. The number of hydrogen-bond acceptors (Lipinski definition) is 5. The zero-order chi connectivity index (χ0) is 13.0. The molecule has 0 saturated heterocycles. The van der Waals surface area contributed by atoms with Gasteiger partial charge in [0.05, 0.1) is 23.8 Å². The van der Waals surface area contributed by atoms with Crippen LogP contribution in [0.1, 0.15) is 30.4 Å². The zero-order valence-corrected chi connectivity index (χ0v) is 11.9. The van der Waals surface area contributed by atoms with Gasteiger partial charge in [0.2, 0.25) is 0 Å². The lowest BCUT2D eigenvalue weighted by atomic mass is 10.2. The Morgan fingerprint density at radius 1 is 1.44 bits per heavy atom. The van der Waals surface area contributed by atoms with Crippen molar-refractivity contribution in [2.75, 3.05) is 6.54 Å². The fourth-order valence-electron chi connectivity index (χ4n) is 1.61. The van der Waals surface area contributed by atoms with Crippen molar-refractivity contribution in [3.63, 3.8) is 0 Å². The molecule has 0 aliphatic rings. The zero-order valence-electron chi connectivity index (χ0n) is 11.1. The Balaban J connectivity index is 1.86. The monoisotopic (exact) mass is 265 g/mol. The molecule has 2 aromatic rings. The first-order valence-electron chi connectivity index (χ1n) is 6.13. The lowest BCUT2D eigenvalue weighted by Crippen LogP contribution is -2.19. The van der Waals surface area contributed by atoms with E-state index in [-0.39, 0.29) is 0 Å². The summed E-state index contributed by atoms with van der Waals surface area (Å²) in [6, 6.07) is 0. The molecule has 0 bridgehead atoms. The molecule has 6 heteroatoms. The largest absolute Gasteiger partial charge is 0.310 e. The van der Waals surface area contributed by atoms with Crippen molar-refractivity contribution in [2.45, 2.75) is 33.9 Å². The van der Waals surface area contributed by atoms with Gasteiger partial charge < -0.3 is 5.32 Å². The van der Waals surface area contributed by atoms with Crippen LogP contribution >= 0.6 is 11.3 Å². The van der Waals surface area contributed by atoms with E-state index in [2.05, 4.69) is 39.6 Å². The van der Waals surface area contributed by atoms with E-state index in [0.717, 1.165) is 29.6 Å². The van der Waals surface area contributed by atoms with Crippen molar-refractivity contribution >= 4 is 11.3 Å². The fourth-order valence-corrected chi connectivity index (χ4v) is 2.21. The van der Waals surface area contributed by atoms with Crippen molar-refractivity contribution in [3.05, 3.63) is 28.2 Å². The molecule has 18 heavy (non-hydrogen) atoms. The van der Waals surface area contributed by atoms with Crippen LogP contribution in [0, 0.1) is 12.8 Å². The highest BCUT2D eigenvalue weighted by Gasteiger charge is 2.04. The van der Waals surface area contributed by atoms with Crippen LogP contribution in [0.2, 0.25) is 0 Å². The minimum Gasteiger partial charge on any atom is -0.310 e. The second kappa shape index (κ2) is 6.06. The molecular weight excluding hydrogens is 246 g/mol. The number of rotatable bonds is 6. The summed E-state index contributed by atoms with van der Waals surface area (Å²) in [5, 5.41) is 10.9. The molecule has 2 heterocycles. The third-order valence-electron chi connectivity index (χ3n) is 2.41. The van der Waals surface area contributed by atoms with Crippen LogP contribution < -0.4 is 5.32 Å². The van der Waals surface area contributed by atoms with Crippen LogP contribution in [-0.4, -0.2) is 26.3 Å². The second-order valence-corrected chi connectivity index (χ2v) is 5.80. The maximum Gasteiger partial charge on any atom is 0.164 e. The summed E-state index contributed by atoms with van der Waals surface area (Å²) in [6.07, 6.45) is 1.76. The molecule has 1 N–H and O–H groups in total. The van der Waals surface area contributed by atoms with E-state index in [1.165, 1.54) is 0 Å². The maximum atomic E-state index is 4.42. The highest BCUT2D eigenvalue weighted by molar-refractivity contribution is 7.09. The first-order valence-corrected chi connectivity index (χ1v) is 7.01. The quantitative estimate of drug-likeness (QED) is 0.866. The summed E-state index contributed by atoms with van der Waals surface area (Å²) in [7, 11) is 0. The molecule has 0 saturated carbocycles. The lowest BCUT2D eigenvalue weighted by molar-refractivity contribution is 0.539. The predicted octanol–water partition coefficient (Wildman–Crippen LogP) is 1.84. The Morgan fingerprint density at radius 3 is 2.94 bits per heavy atom. The van der Waals surface area contributed by atoms with Gasteiger partial charge in [-0.05, 0) is 19.4 Å². The smallest absolute Gasteiger partial charge is 0.164 e. The van der Waals surface area contributed by atoms with E-state index in [4.69, 9.17) is 0 Å². The third-order valence-corrected chi connectivity index (χ3v) is 3.23. The number of nitrogens with one attached hydrogen (secondary N) is 1. The number of nitrogens with zero attached hydrogens (tertiary/aromatic N) is 4. The maximum absolute atomic E-state index is 4.42. The normalized spacial score (nSPS) is 11.3. The summed E-state index contributed by atoms with van der Waals surface area (Å²) >= 11 is 1.66. The van der Waals surface area contributed by atoms with Crippen LogP contribution in [0.3, 0.4) is 0 Å². The topological polar surface area (TPSA) is 55.6 Å². The Bertz CT molecular complexity index is 488. The van der Waals surface area contributed by atoms with Crippen LogP contribution in [0.4, 0.5) is 0 Å². The predicted molar refractivity (Wildman–Crippen MR) is 72.5 cm³/mol. The van der Waals surface area contributed by atoms with Crippen molar-refractivity contribution in [1.82, 2.24) is 25.1 Å². The molecule has 5 nitrogen and oxygen atoms in total. The average Bonchev–Trinajstić information content (AvgIpc) is 2.89. The number of hydrogen-bond donors (Lipinski definition) is 1. The highest BCUT2D eigenvalue weighted by Crippen LogP contribution is 2.08. The summed E-state index contributed by atoms with van der Waals surface area (Å²) < 4.78 is 1.83. The average molecular weight is 265 g/mol. The number of thiazole rings is 1. The van der Waals surface area contributed by atoms with E-state index in [1.807, 2.05) is 11.6 Å². The Kier molecular flexibility index (Phi) is 4.43. The third kappa shape index (κ3) is 3.89. The molecular formula is C12H19N5S. The Morgan fingerprint density at radius 2 is 2.28 bits per heavy atom. The SMILES string of the molecule is Cc1nc(Cn2cnc(CNCC(C)C)n2)cs1. The van der Waals surface area contributed by atoms with Crippen LogP contribution in [0.5, 0.6) is 0 Å². The van der Waals surface area contributed by atoms with Gasteiger partial charge in [-0.1, -0.05) is 13.8 Å². The van der Waals surface area contributed by atoms with Gasteiger partial charge in [0, 0.05) is 5.38 Å². The number of aromatic nitrogens is 4. The molecule has 0 amide bonds. The first-order chi connectivity index (χ1) is 8.63. The van der Waals surface area contributed by atoms with Gasteiger partial charge in [-0.25, -0.2) is 14.6 Å². The fraction of sp³-hybridized carbons (Fsp3) is 0.583. The minimum absolute atomic E-state index is 0.644. The molecule has 0 aliphatic heterocycles. The molecule has 0 fully saturated rings. The van der Waals surface area contributed by atoms with E-state index < -0.39 is 0 Å². The van der Waals surface area contributed by atoms with Gasteiger partial charge in [-0.2, -0.15) is 5.10 Å². The van der Waals surface area contributed by atoms with Crippen molar-refractivity contribution in [3.8, 4) is 0 Å². The van der Waals surface area contributed by atoms with E-state index in [1.54, 1.807) is 17.7 Å². The Hall–Kier alpha value is -1.27. The van der Waals surface area contributed by atoms with Crippen molar-refractivity contribution < 1.29 is 0 Å². The van der Waals surface area contributed by atoms with E-state index in [0.29, 0.717) is 12.5 Å². The molecule has 0 spiro atoms. The summed E-state index contributed by atoms with van der Waals surface area (Å²) in [5.74, 6) is 1.48. The summed E-state index contributed by atoms with van der Waals surface area (Å²) in [5.41, 5.74) is 1.05. The standard InChI is InChI=1S/C12H19N5S/c1-9(2)4-13-5-12-14-8-17(16-12)6-11-7-18-10(3)15-11/h7-9,13H,4-6H2,1-3H3. The van der Waals surface area contributed by atoms with E-state index >= 15 is 0 Å². The molecule has 0 aliphatic carbocycles. The van der Waals surface area contributed by atoms with Gasteiger partial charge in [-0.3, -0.25) is 0 Å². The molecule has 0 atom stereocenters. The van der Waals surface area contributed by atoms with Crippen molar-refractivity contribution in [1.29, 1.82) is 0 Å². The summed E-state index contributed by atoms with van der Waals surface area (Å²) in [6.45, 7) is 8.78. The van der Waals surface area contributed by atoms with Gasteiger partial charge in [0.1, 0.15) is 6.33 Å². The van der Waals surface area contributed by atoms with Gasteiger partial charge >= 0.3 is 0 Å². The second-order valence-electron chi connectivity index (χ2n) is 4.74. The van der Waals surface area contributed by atoms with Gasteiger partial charge in [0.15, 0.2) is 5.82 Å². The lowest BCUT2D eigenvalue weighted by Gasteiger charge is -2.04. The molecule has 98 valence electrons. The van der Waals surface area contributed by atoms with Gasteiger partial charge in [-0.15, -0.1) is 11.3 Å². The highest BCUT2D eigenvalue weighted by atomic mass is 32.1.